The van der Waals surface area contributed by atoms with Crippen molar-refractivity contribution < 1.29 is 19.1 Å². The summed E-state index contributed by atoms with van der Waals surface area (Å²) in [7, 11) is 0. The Bertz CT molecular complexity index is 1040. The number of para-hydroxylation sites is 1. The summed E-state index contributed by atoms with van der Waals surface area (Å²) in [6.45, 7) is 1.68. The molecule has 32 heavy (non-hydrogen) atoms. The van der Waals surface area contributed by atoms with Gasteiger partial charge in [-0.2, -0.15) is 0 Å². The van der Waals surface area contributed by atoms with Crippen molar-refractivity contribution in [2.75, 3.05) is 16.0 Å². The summed E-state index contributed by atoms with van der Waals surface area (Å²) in [5.74, 6) is -0.399. The van der Waals surface area contributed by atoms with Crippen molar-refractivity contribution in [2.24, 2.45) is 0 Å². The molecule has 0 heterocycles. The van der Waals surface area contributed by atoms with E-state index in [1.807, 2.05) is 48.5 Å². The standard InChI is InChI=1S/C24H24N4O4/c1-17(25-24(31)32-16-18-8-4-2-5-9-18)22(29)26-20-12-14-21(15-13-20)28-23(30)27-19-10-6-3-7-11-19/h2-15,17H,16H2,1H3,(H,25,31)(H,26,29)(H2,27,28,30)/t17-/m0/s1. The lowest BCUT2D eigenvalue weighted by Gasteiger charge is -2.14. The predicted molar refractivity (Wildman–Crippen MR) is 123 cm³/mol. The Morgan fingerprint density at radius 1 is 0.719 bits per heavy atom. The van der Waals surface area contributed by atoms with Crippen LogP contribution in [0.5, 0.6) is 0 Å². The van der Waals surface area contributed by atoms with E-state index in [0.717, 1.165) is 5.56 Å². The number of nitrogens with one attached hydrogen (secondary N) is 4. The highest BCUT2D eigenvalue weighted by molar-refractivity contribution is 6.00. The lowest BCUT2D eigenvalue weighted by atomic mass is 10.2. The molecule has 0 aliphatic heterocycles. The highest BCUT2D eigenvalue weighted by Gasteiger charge is 2.16. The third-order valence-electron chi connectivity index (χ3n) is 4.38. The van der Waals surface area contributed by atoms with Crippen molar-refractivity contribution in [2.45, 2.75) is 19.6 Å². The van der Waals surface area contributed by atoms with E-state index in [2.05, 4.69) is 21.3 Å². The van der Waals surface area contributed by atoms with Crippen molar-refractivity contribution in [1.29, 1.82) is 0 Å². The minimum absolute atomic E-state index is 0.118. The van der Waals surface area contributed by atoms with Crippen LogP contribution >= 0.6 is 0 Å². The summed E-state index contributed by atoms with van der Waals surface area (Å²) in [4.78, 5) is 36.3. The first kappa shape index (κ1) is 22.4. The fraction of sp³-hybridized carbons (Fsp3) is 0.125. The number of hydrogen-bond acceptors (Lipinski definition) is 4. The summed E-state index contributed by atoms with van der Waals surface area (Å²) in [6.07, 6.45) is -0.680. The summed E-state index contributed by atoms with van der Waals surface area (Å²) in [5, 5.41) is 10.6. The van der Waals surface area contributed by atoms with Gasteiger partial charge in [-0.25, -0.2) is 9.59 Å². The van der Waals surface area contributed by atoms with E-state index >= 15 is 0 Å². The van der Waals surface area contributed by atoms with E-state index in [4.69, 9.17) is 4.74 Å². The molecule has 4 N–H and O–H groups in total. The van der Waals surface area contributed by atoms with Gasteiger partial charge in [-0.15, -0.1) is 0 Å². The van der Waals surface area contributed by atoms with Gasteiger partial charge in [0.15, 0.2) is 0 Å². The second-order valence-corrected chi connectivity index (χ2v) is 6.94. The monoisotopic (exact) mass is 432 g/mol. The fourth-order valence-corrected chi connectivity index (χ4v) is 2.71. The van der Waals surface area contributed by atoms with E-state index in [0.29, 0.717) is 17.1 Å². The van der Waals surface area contributed by atoms with Crippen LogP contribution < -0.4 is 21.3 Å². The fourth-order valence-electron chi connectivity index (χ4n) is 2.71. The molecule has 0 saturated heterocycles. The first-order valence-corrected chi connectivity index (χ1v) is 10.0. The van der Waals surface area contributed by atoms with Crippen LogP contribution in [0.2, 0.25) is 0 Å². The maximum absolute atomic E-state index is 12.3. The van der Waals surface area contributed by atoms with Crippen LogP contribution in [0.1, 0.15) is 12.5 Å². The largest absolute Gasteiger partial charge is 0.445 e. The number of carbonyl (C=O) groups is 3. The molecule has 3 rings (SSSR count). The van der Waals surface area contributed by atoms with E-state index in [9.17, 15) is 14.4 Å². The molecule has 0 aliphatic carbocycles. The number of carbonyl (C=O) groups excluding carboxylic acids is 3. The smallest absolute Gasteiger partial charge is 0.408 e. The van der Waals surface area contributed by atoms with E-state index in [1.54, 1.807) is 43.3 Å². The Kier molecular flexibility index (Phi) is 7.80. The van der Waals surface area contributed by atoms with Crippen molar-refractivity contribution >= 4 is 35.1 Å². The van der Waals surface area contributed by atoms with Gasteiger partial charge in [-0.1, -0.05) is 48.5 Å². The third-order valence-corrected chi connectivity index (χ3v) is 4.38. The highest BCUT2D eigenvalue weighted by Crippen LogP contribution is 2.15. The van der Waals surface area contributed by atoms with Crippen LogP contribution in [0.3, 0.4) is 0 Å². The van der Waals surface area contributed by atoms with Crippen molar-refractivity contribution in [1.82, 2.24) is 5.32 Å². The topological polar surface area (TPSA) is 109 Å². The van der Waals surface area contributed by atoms with Crippen LogP contribution in [0.15, 0.2) is 84.9 Å². The predicted octanol–water partition coefficient (Wildman–Crippen LogP) is 4.58. The Morgan fingerprint density at radius 3 is 1.81 bits per heavy atom. The molecule has 164 valence electrons. The number of rotatable bonds is 7. The Morgan fingerprint density at radius 2 is 1.22 bits per heavy atom. The van der Waals surface area contributed by atoms with Gasteiger partial charge in [0.25, 0.3) is 0 Å². The van der Waals surface area contributed by atoms with Crippen LogP contribution in [0.25, 0.3) is 0 Å². The lowest BCUT2D eigenvalue weighted by Crippen LogP contribution is -2.41. The molecule has 0 fully saturated rings. The summed E-state index contributed by atoms with van der Waals surface area (Å²) in [5.41, 5.74) is 2.62. The molecule has 8 heteroatoms. The minimum Gasteiger partial charge on any atom is -0.445 e. The van der Waals surface area contributed by atoms with Gasteiger partial charge in [0.1, 0.15) is 12.6 Å². The zero-order chi connectivity index (χ0) is 22.8. The molecule has 1 atom stereocenters. The number of anilines is 3. The molecule has 0 aromatic heterocycles. The number of benzene rings is 3. The van der Waals surface area contributed by atoms with Gasteiger partial charge in [0.05, 0.1) is 0 Å². The summed E-state index contributed by atoms with van der Waals surface area (Å²) in [6, 6.07) is 23.8. The lowest BCUT2D eigenvalue weighted by molar-refractivity contribution is -0.117. The second kappa shape index (κ2) is 11.2. The van der Waals surface area contributed by atoms with Gasteiger partial charge >= 0.3 is 12.1 Å². The molecule has 0 saturated carbocycles. The summed E-state index contributed by atoms with van der Waals surface area (Å²) >= 11 is 0. The van der Waals surface area contributed by atoms with E-state index < -0.39 is 18.0 Å². The normalized spacial score (nSPS) is 11.0. The van der Waals surface area contributed by atoms with Crippen LogP contribution in [0, 0.1) is 0 Å². The average Bonchev–Trinajstić information content (AvgIpc) is 2.80. The van der Waals surface area contributed by atoms with Gasteiger partial charge in [-0.3, -0.25) is 4.79 Å². The average molecular weight is 432 g/mol. The maximum atomic E-state index is 12.3. The molecule has 3 aromatic carbocycles. The minimum atomic E-state index is -0.798. The molecular weight excluding hydrogens is 408 g/mol. The van der Waals surface area contributed by atoms with Crippen molar-refractivity contribution in [3.8, 4) is 0 Å². The first-order valence-electron chi connectivity index (χ1n) is 10.0. The Balaban J connectivity index is 1.43. The maximum Gasteiger partial charge on any atom is 0.408 e. The highest BCUT2D eigenvalue weighted by atomic mass is 16.5. The molecule has 4 amide bonds. The van der Waals surface area contributed by atoms with Crippen molar-refractivity contribution in [3.05, 3.63) is 90.5 Å². The SMILES string of the molecule is C[C@H](NC(=O)OCc1ccccc1)C(=O)Nc1ccc(NC(=O)Nc2ccccc2)cc1. The molecule has 0 bridgehead atoms. The van der Waals surface area contributed by atoms with Crippen LogP contribution in [-0.4, -0.2) is 24.1 Å². The molecule has 0 radical (unpaired) electrons. The number of hydrogen-bond donors (Lipinski definition) is 4. The molecule has 0 spiro atoms. The number of ether oxygens (including phenoxy) is 1. The van der Waals surface area contributed by atoms with Gasteiger partial charge in [0.2, 0.25) is 5.91 Å². The van der Waals surface area contributed by atoms with Crippen molar-refractivity contribution in [3.63, 3.8) is 0 Å². The quantitative estimate of drug-likeness (QED) is 0.438. The third kappa shape index (κ3) is 7.17. The van der Waals surface area contributed by atoms with Crippen LogP contribution in [-0.2, 0) is 16.1 Å². The number of alkyl carbamates (subject to hydrolysis) is 1. The summed E-state index contributed by atoms with van der Waals surface area (Å²) < 4.78 is 5.12. The molecular formula is C24H24N4O4. The molecule has 8 nitrogen and oxygen atoms in total. The van der Waals surface area contributed by atoms with Gasteiger partial charge < -0.3 is 26.0 Å². The Labute approximate surface area is 186 Å². The first-order chi connectivity index (χ1) is 15.5. The van der Waals surface area contributed by atoms with E-state index in [1.165, 1.54) is 0 Å². The second-order valence-electron chi connectivity index (χ2n) is 6.94. The van der Waals surface area contributed by atoms with Gasteiger partial charge in [0, 0.05) is 17.1 Å². The van der Waals surface area contributed by atoms with Gasteiger partial charge in [-0.05, 0) is 48.9 Å². The van der Waals surface area contributed by atoms with E-state index in [-0.39, 0.29) is 12.6 Å². The zero-order valence-corrected chi connectivity index (χ0v) is 17.5. The molecule has 0 aliphatic rings. The Hall–Kier alpha value is -4.33. The van der Waals surface area contributed by atoms with Crippen LogP contribution in [0.4, 0.5) is 26.7 Å². The zero-order valence-electron chi connectivity index (χ0n) is 17.5. The molecule has 0 unspecified atom stereocenters. The number of urea groups is 1. The number of amides is 4. The molecule has 3 aromatic rings.